The number of hydrogen-bond donors (Lipinski definition) is 2. The van der Waals surface area contributed by atoms with E-state index in [1.165, 1.54) is 0 Å². The van der Waals surface area contributed by atoms with Crippen LogP contribution in [0.15, 0.2) is 48.5 Å². The van der Waals surface area contributed by atoms with Crippen molar-refractivity contribution < 1.29 is 18.8 Å². The molecule has 3 nitrogen and oxygen atoms in total. The van der Waals surface area contributed by atoms with E-state index in [-0.39, 0.29) is 36.2 Å². The number of rotatable bonds is 7. The lowest BCUT2D eigenvalue weighted by molar-refractivity contribution is 0.0711. The third-order valence-electron chi connectivity index (χ3n) is 3.35. The third kappa shape index (κ3) is 11.0. The maximum atomic E-state index is 12.2. The number of aliphatic hydroxyl groups is 1. The summed E-state index contributed by atoms with van der Waals surface area (Å²) in [6.07, 6.45) is 0. The minimum atomic E-state index is -0.185. The van der Waals surface area contributed by atoms with Gasteiger partial charge in [-0.2, -0.15) is 3.89 Å². The monoisotopic (exact) mass is 406 g/mol. The third-order valence-corrected chi connectivity index (χ3v) is 3.95. The summed E-state index contributed by atoms with van der Waals surface area (Å²) in [5.74, 6) is 6.36. The molecule has 5 heteroatoms. The Kier molecular flexibility index (Phi) is 15.9. The van der Waals surface area contributed by atoms with E-state index < -0.39 is 0 Å². The summed E-state index contributed by atoms with van der Waals surface area (Å²) in [4.78, 5) is 0. The molecule has 0 aliphatic rings. The number of ether oxygens (including phenoxy) is 1. The molecule has 0 heterocycles. The smallest absolute Gasteiger partial charge is 0.115 e. The van der Waals surface area contributed by atoms with E-state index >= 15 is 0 Å². The fourth-order valence-electron chi connectivity index (χ4n) is 1.96. The van der Waals surface area contributed by atoms with Crippen molar-refractivity contribution in [1.29, 1.82) is 0 Å². The molecule has 0 saturated carbocycles. The fourth-order valence-corrected chi connectivity index (χ4v) is 2.34. The van der Waals surface area contributed by atoms with Gasteiger partial charge in [0, 0.05) is 41.6 Å². The predicted molar refractivity (Wildman–Crippen MR) is 117 cm³/mol. The van der Waals surface area contributed by atoms with Gasteiger partial charge in [-0.1, -0.05) is 51.7 Å². The number of halogens is 1. The topological polar surface area (TPSA) is 49.7 Å². The molecule has 2 N–H and O–H groups in total. The van der Waals surface area contributed by atoms with E-state index in [1.54, 1.807) is 24.3 Å². The first kappa shape index (κ1) is 26.0. The van der Waals surface area contributed by atoms with Crippen LogP contribution in [0.4, 0.5) is 3.89 Å². The molecule has 1 atom stereocenters. The zero-order chi connectivity index (χ0) is 21.2. The molecule has 0 radical (unpaired) electrons. The van der Waals surface area contributed by atoms with Crippen LogP contribution in [0.2, 0.25) is 0 Å². The highest BCUT2D eigenvalue weighted by Gasteiger charge is 2.08. The van der Waals surface area contributed by atoms with Crippen LogP contribution in [0.5, 0.6) is 5.75 Å². The molecule has 2 aromatic carbocycles. The zero-order valence-corrected chi connectivity index (χ0v) is 17.9. The van der Waals surface area contributed by atoms with Crippen LogP contribution in [0.1, 0.15) is 44.4 Å². The van der Waals surface area contributed by atoms with Gasteiger partial charge >= 0.3 is 0 Å². The van der Waals surface area contributed by atoms with Crippen molar-refractivity contribution in [3.8, 4) is 17.6 Å². The van der Waals surface area contributed by atoms with Crippen LogP contribution in [0, 0.1) is 17.8 Å². The first-order valence-corrected chi connectivity index (χ1v) is 10.4. The lowest BCUT2D eigenvalue weighted by Crippen LogP contribution is -2.16. The Morgan fingerprint density at radius 3 is 1.89 bits per heavy atom. The van der Waals surface area contributed by atoms with E-state index in [2.05, 4.69) is 11.8 Å². The largest absolute Gasteiger partial charge is 0.508 e. The first-order valence-electron chi connectivity index (χ1n) is 9.53. The first-order chi connectivity index (χ1) is 13.7. The summed E-state index contributed by atoms with van der Waals surface area (Å²) in [6.45, 7) is 8.66. The van der Waals surface area contributed by atoms with Crippen molar-refractivity contribution in [2.75, 3.05) is 19.0 Å². The standard InChI is InChI=1S/C19H19FO3S.2C2H6/c20-24-14-18(11-21)13-23-12-17-5-3-15(4-6-17)1-2-16-7-9-19(22)10-8-16;2*1-2/h3-10,18,21-22H,11-14H2;2*1-2H3. The second kappa shape index (κ2) is 17.1. The van der Waals surface area contributed by atoms with Gasteiger partial charge in [-0.3, -0.25) is 0 Å². The molecule has 1 unspecified atom stereocenters. The Bertz CT molecular complexity index is 676. The van der Waals surface area contributed by atoms with Crippen LogP contribution in [0.25, 0.3) is 0 Å². The maximum absolute atomic E-state index is 12.2. The van der Waals surface area contributed by atoms with Crippen molar-refractivity contribution in [2.24, 2.45) is 5.92 Å². The van der Waals surface area contributed by atoms with Gasteiger partial charge in [0.2, 0.25) is 0 Å². The highest BCUT2D eigenvalue weighted by molar-refractivity contribution is 7.94. The molecule has 154 valence electrons. The second-order valence-corrected chi connectivity index (χ2v) is 5.88. The Hall–Kier alpha value is -2.00. The van der Waals surface area contributed by atoms with Gasteiger partial charge in [0.15, 0.2) is 0 Å². The SMILES string of the molecule is CC.CC.OCC(COCc1ccc(C#Cc2ccc(O)cc2)cc1)CSF. The van der Waals surface area contributed by atoms with E-state index in [9.17, 15) is 8.99 Å². The normalized spacial score (nSPS) is 10.4. The van der Waals surface area contributed by atoms with Gasteiger partial charge in [0.05, 0.1) is 13.2 Å². The Morgan fingerprint density at radius 1 is 0.929 bits per heavy atom. The number of phenols is 1. The quantitative estimate of drug-likeness (QED) is 0.589. The summed E-state index contributed by atoms with van der Waals surface area (Å²) >= 11 is 0.218. The van der Waals surface area contributed by atoms with E-state index in [4.69, 9.17) is 9.84 Å². The van der Waals surface area contributed by atoms with E-state index in [0.717, 1.165) is 16.7 Å². The Labute approximate surface area is 173 Å². The molecular formula is C23H31FO3S. The average Bonchev–Trinajstić information content (AvgIpc) is 2.76. The minimum Gasteiger partial charge on any atom is -0.508 e. The molecule has 2 aromatic rings. The van der Waals surface area contributed by atoms with Gasteiger partial charge in [-0.25, -0.2) is 0 Å². The molecule has 0 bridgehead atoms. The number of benzene rings is 2. The van der Waals surface area contributed by atoms with Crippen molar-refractivity contribution in [1.82, 2.24) is 0 Å². The van der Waals surface area contributed by atoms with Crippen molar-refractivity contribution in [3.63, 3.8) is 0 Å². The Morgan fingerprint density at radius 2 is 1.43 bits per heavy atom. The van der Waals surface area contributed by atoms with Crippen molar-refractivity contribution >= 4 is 12.1 Å². The van der Waals surface area contributed by atoms with Crippen molar-refractivity contribution in [2.45, 2.75) is 34.3 Å². The van der Waals surface area contributed by atoms with Crippen LogP contribution in [-0.4, -0.2) is 29.2 Å². The summed E-state index contributed by atoms with van der Waals surface area (Å²) in [5, 5.41) is 18.3. The van der Waals surface area contributed by atoms with Crippen LogP contribution in [-0.2, 0) is 11.3 Å². The summed E-state index contributed by atoms with van der Waals surface area (Å²) in [5.41, 5.74) is 2.71. The molecule has 28 heavy (non-hydrogen) atoms. The number of aromatic hydroxyl groups is 1. The van der Waals surface area contributed by atoms with E-state index in [1.807, 2.05) is 52.0 Å². The molecule has 2 rings (SSSR count). The highest BCUT2D eigenvalue weighted by Crippen LogP contribution is 2.12. The minimum absolute atomic E-state index is 0.0806. The summed E-state index contributed by atoms with van der Waals surface area (Å²) in [7, 11) is 0. The number of aliphatic hydroxyl groups excluding tert-OH is 1. The highest BCUT2D eigenvalue weighted by atomic mass is 32.2. The lowest BCUT2D eigenvalue weighted by Gasteiger charge is -2.11. The summed E-state index contributed by atoms with van der Waals surface area (Å²) in [6, 6.07) is 14.4. The summed E-state index contributed by atoms with van der Waals surface area (Å²) < 4.78 is 17.7. The van der Waals surface area contributed by atoms with Gasteiger partial charge < -0.3 is 14.9 Å². The van der Waals surface area contributed by atoms with Crippen molar-refractivity contribution in [3.05, 3.63) is 65.2 Å². The average molecular weight is 407 g/mol. The Balaban J connectivity index is 0.00000171. The molecule has 0 spiro atoms. The predicted octanol–water partition coefficient (Wildman–Crippen LogP) is 5.59. The van der Waals surface area contributed by atoms with Gasteiger partial charge in [0.25, 0.3) is 0 Å². The molecule has 0 fully saturated rings. The molecule has 0 amide bonds. The molecular weight excluding hydrogens is 375 g/mol. The number of phenolic OH excluding ortho intramolecular Hbond substituents is 1. The molecule has 0 saturated heterocycles. The molecule has 0 aliphatic carbocycles. The molecule has 0 aromatic heterocycles. The van der Waals surface area contributed by atoms with Crippen LogP contribution >= 0.6 is 12.1 Å². The second-order valence-electron chi connectivity index (χ2n) is 5.33. The lowest BCUT2D eigenvalue weighted by atomic mass is 10.1. The van der Waals surface area contributed by atoms with Crippen LogP contribution < -0.4 is 0 Å². The van der Waals surface area contributed by atoms with Gasteiger partial charge in [-0.15, -0.1) is 0 Å². The van der Waals surface area contributed by atoms with E-state index in [0.29, 0.717) is 13.2 Å². The van der Waals surface area contributed by atoms with Gasteiger partial charge in [-0.05, 0) is 42.0 Å². The van der Waals surface area contributed by atoms with Gasteiger partial charge in [0.1, 0.15) is 5.75 Å². The number of hydrogen-bond acceptors (Lipinski definition) is 4. The maximum Gasteiger partial charge on any atom is 0.115 e. The molecule has 0 aliphatic heterocycles. The van der Waals surface area contributed by atoms with Crippen LogP contribution in [0.3, 0.4) is 0 Å². The fraction of sp³-hybridized carbons (Fsp3) is 0.391. The zero-order valence-electron chi connectivity index (χ0n) is 17.1.